The first-order valence-corrected chi connectivity index (χ1v) is 5.70. The lowest BCUT2D eigenvalue weighted by atomic mass is 10.1. The number of benzene rings is 2. The van der Waals surface area contributed by atoms with Crippen molar-refractivity contribution in [3.8, 4) is 5.75 Å². The molecule has 0 heterocycles. The predicted molar refractivity (Wildman–Crippen MR) is 66.6 cm³/mol. The Balaban J connectivity index is 2.16. The minimum absolute atomic E-state index is 0.153. The fourth-order valence-electron chi connectivity index (χ4n) is 1.88. The molecular formula is C15H14F2O. The second-order valence-corrected chi connectivity index (χ2v) is 4.29. The van der Waals surface area contributed by atoms with Crippen molar-refractivity contribution in [2.75, 3.05) is 0 Å². The minimum atomic E-state index is -0.588. The molecule has 0 aliphatic carbocycles. The van der Waals surface area contributed by atoms with Crippen LogP contribution in [0.1, 0.15) is 16.7 Å². The van der Waals surface area contributed by atoms with E-state index in [4.69, 9.17) is 4.74 Å². The molecule has 18 heavy (non-hydrogen) atoms. The van der Waals surface area contributed by atoms with Gasteiger partial charge in [0.05, 0.1) is 0 Å². The molecule has 0 aliphatic rings. The fraction of sp³-hybridized carbons (Fsp3) is 0.200. The number of halogens is 2. The molecule has 0 spiro atoms. The largest absolute Gasteiger partial charge is 0.488 e. The summed E-state index contributed by atoms with van der Waals surface area (Å²) in [6.45, 7) is 4.03. The normalized spacial score (nSPS) is 10.4. The molecule has 0 N–H and O–H groups in total. The van der Waals surface area contributed by atoms with Crippen LogP contribution in [-0.4, -0.2) is 0 Å². The Morgan fingerprint density at radius 3 is 2.06 bits per heavy atom. The molecule has 2 rings (SSSR count). The van der Waals surface area contributed by atoms with E-state index >= 15 is 0 Å². The molecule has 0 unspecified atom stereocenters. The lowest BCUT2D eigenvalue weighted by Crippen LogP contribution is -2.00. The molecule has 0 atom stereocenters. The van der Waals surface area contributed by atoms with Crippen molar-refractivity contribution in [2.24, 2.45) is 0 Å². The number of hydrogen-bond acceptors (Lipinski definition) is 1. The maximum atomic E-state index is 13.0. The lowest BCUT2D eigenvalue weighted by molar-refractivity contribution is 0.300. The molecule has 0 fully saturated rings. The van der Waals surface area contributed by atoms with E-state index in [0.29, 0.717) is 5.56 Å². The second kappa shape index (κ2) is 5.17. The van der Waals surface area contributed by atoms with Gasteiger partial charge in [-0.15, -0.1) is 0 Å². The van der Waals surface area contributed by atoms with E-state index in [2.05, 4.69) is 0 Å². The highest BCUT2D eigenvalue weighted by Crippen LogP contribution is 2.23. The molecule has 3 heteroatoms. The first-order valence-electron chi connectivity index (χ1n) is 5.70. The molecular weight excluding hydrogens is 234 g/mol. The first kappa shape index (κ1) is 12.6. The maximum absolute atomic E-state index is 13.0. The molecule has 2 aromatic carbocycles. The van der Waals surface area contributed by atoms with Crippen LogP contribution in [0.15, 0.2) is 36.4 Å². The summed E-state index contributed by atoms with van der Waals surface area (Å²) in [5.74, 6) is -0.410. The van der Waals surface area contributed by atoms with E-state index in [9.17, 15) is 8.78 Å². The Bertz CT molecular complexity index is 524. The quantitative estimate of drug-likeness (QED) is 0.792. The van der Waals surface area contributed by atoms with Gasteiger partial charge in [-0.25, -0.2) is 8.78 Å². The number of ether oxygens (including phenoxy) is 1. The average Bonchev–Trinajstić information content (AvgIpc) is 2.27. The maximum Gasteiger partial charge on any atom is 0.126 e. The lowest BCUT2D eigenvalue weighted by Gasteiger charge is -2.12. The summed E-state index contributed by atoms with van der Waals surface area (Å²) in [6, 6.07) is 9.22. The molecule has 0 bridgehead atoms. The third-order valence-electron chi connectivity index (χ3n) is 2.71. The Kier molecular flexibility index (Phi) is 3.60. The van der Waals surface area contributed by atoms with Crippen molar-refractivity contribution in [2.45, 2.75) is 20.5 Å². The third-order valence-corrected chi connectivity index (χ3v) is 2.71. The van der Waals surface area contributed by atoms with Crippen molar-refractivity contribution < 1.29 is 13.5 Å². The van der Waals surface area contributed by atoms with E-state index in [-0.39, 0.29) is 6.61 Å². The van der Waals surface area contributed by atoms with Gasteiger partial charge in [0.2, 0.25) is 0 Å². The molecule has 0 saturated heterocycles. The van der Waals surface area contributed by atoms with Gasteiger partial charge in [0.15, 0.2) is 0 Å². The van der Waals surface area contributed by atoms with Gasteiger partial charge in [-0.2, -0.15) is 0 Å². The van der Waals surface area contributed by atoms with Gasteiger partial charge < -0.3 is 4.74 Å². The molecule has 0 amide bonds. The van der Waals surface area contributed by atoms with Crippen molar-refractivity contribution in [3.05, 3.63) is 64.7 Å². The van der Waals surface area contributed by atoms with E-state index in [0.717, 1.165) is 22.9 Å². The highest BCUT2D eigenvalue weighted by molar-refractivity contribution is 5.39. The summed E-state index contributed by atoms with van der Waals surface area (Å²) >= 11 is 0. The first-order chi connectivity index (χ1) is 8.56. The van der Waals surface area contributed by atoms with Crippen LogP contribution < -0.4 is 4.74 Å². The average molecular weight is 248 g/mol. The van der Waals surface area contributed by atoms with Gasteiger partial charge in [0.25, 0.3) is 0 Å². The summed E-state index contributed by atoms with van der Waals surface area (Å²) < 4.78 is 31.7. The van der Waals surface area contributed by atoms with Crippen molar-refractivity contribution in [3.63, 3.8) is 0 Å². The van der Waals surface area contributed by atoms with Crippen molar-refractivity contribution in [1.82, 2.24) is 0 Å². The molecule has 2 aromatic rings. The molecule has 1 nitrogen and oxygen atoms in total. The summed E-state index contributed by atoms with van der Waals surface area (Å²) in [7, 11) is 0. The van der Waals surface area contributed by atoms with Crippen LogP contribution in [-0.2, 0) is 6.61 Å². The summed E-state index contributed by atoms with van der Waals surface area (Å²) in [6.07, 6.45) is 0. The Morgan fingerprint density at radius 1 is 0.944 bits per heavy atom. The van der Waals surface area contributed by atoms with Crippen LogP contribution >= 0.6 is 0 Å². The molecule has 0 saturated carbocycles. The standard InChI is InChI=1S/C15H14F2O/c1-10-4-3-5-11(2)15(10)18-9-12-6-13(16)8-14(17)7-12/h3-8H,9H2,1-2H3. The zero-order valence-corrected chi connectivity index (χ0v) is 10.3. The highest BCUT2D eigenvalue weighted by Gasteiger charge is 2.05. The van der Waals surface area contributed by atoms with Gasteiger partial charge in [0, 0.05) is 6.07 Å². The molecule has 0 aliphatic heterocycles. The smallest absolute Gasteiger partial charge is 0.126 e. The van der Waals surface area contributed by atoms with Crippen molar-refractivity contribution in [1.29, 1.82) is 0 Å². The number of hydrogen-bond donors (Lipinski definition) is 0. The number of rotatable bonds is 3. The van der Waals surface area contributed by atoms with E-state index in [1.54, 1.807) is 0 Å². The van der Waals surface area contributed by atoms with Gasteiger partial charge in [-0.1, -0.05) is 18.2 Å². The van der Waals surface area contributed by atoms with Crippen LogP contribution in [0.2, 0.25) is 0 Å². The van der Waals surface area contributed by atoms with Crippen molar-refractivity contribution >= 4 is 0 Å². The fourth-order valence-corrected chi connectivity index (χ4v) is 1.88. The predicted octanol–water partition coefficient (Wildman–Crippen LogP) is 4.16. The van der Waals surface area contributed by atoms with Crippen LogP contribution in [0.3, 0.4) is 0 Å². The molecule has 94 valence electrons. The zero-order chi connectivity index (χ0) is 13.1. The number of aryl methyl sites for hydroxylation is 2. The summed E-state index contributed by atoms with van der Waals surface area (Å²) in [4.78, 5) is 0. The summed E-state index contributed by atoms with van der Waals surface area (Å²) in [5, 5.41) is 0. The topological polar surface area (TPSA) is 9.23 Å². The van der Waals surface area contributed by atoms with Gasteiger partial charge >= 0.3 is 0 Å². The highest BCUT2D eigenvalue weighted by atomic mass is 19.1. The van der Waals surface area contributed by atoms with Crippen LogP contribution in [0, 0.1) is 25.5 Å². The monoisotopic (exact) mass is 248 g/mol. The Morgan fingerprint density at radius 2 is 1.50 bits per heavy atom. The minimum Gasteiger partial charge on any atom is -0.488 e. The summed E-state index contributed by atoms with van der Waals surface area (Å²) in [5.41, 5.74) is 2.49. The van der Waals surface area contributed by atoms with Gasteiger partial charge in [-0.05, 0) is 42.7 Å². The Hall–Kier alpha value is -1.90. The van der Waals surface area contributed by atoms with E-state index in [1.165, 1.54) is 12.1 Å². The molecule has 0 aromatic heterocycles. The van der Waals surface area contributed by atoms with Crippen LogP contribution in [0.25, 0.3) is 0 Å². The van der Waals surface area contributed by atoms with Gasteiger partial charge in [-0.3, -0.25) is 0 Å². The van der Waals surface area contributed by atoms with Gasteiger partial charge in [0.1, 0.15) is 24.0 Å². The van der Waals surface area contributed by atoms with E-state index < -0.39 is 11.6 Å². The second-order valence-electron chi connectivity index (χ2n) is 4.29. The van der Waals surface area contributed by atoms with Crippen LogP contribution in [0.5, 0.6) is 5.75 Å². The number of para-hydroxylation sites is 1. The Labute approximate surface area is 105 Å². The molecule has 0 radical (unpaired) electrons. The third kappa shape index (κ3) is 2.86. The zero-order valence-electron chi connectivity index (χ0n) is 10.3. The van der Waals surface area contributed by atoms with Crippen LogP contribution in [0.4, 0.5) is 8.78 Å². The van der Waals surface area contributed by atoms with E-state index in [1.807, 2.05) is 32.0 Å². The SMILES string of the molecule is Cc1cccc(C)c1OCc1cc(F)cc(F)c1.